The van der Waals surface area contributed by atoms with Crippen LogP contribution in [-0.4, -0.2) is 37.8 Å². The summed E-state index contributed by atoms with van der Waals surface area (Å²) in [6.07, 6.45) is 0. The molecule has 0 rings (SSSR count). The van der Waals surface area contributed by atoms with Gasteiger partial charge in [0.1, 0.15) is 0 Å². The third-order valence-corrected chi connectivity index (χ3v) is 3.51. The van der Waals surface area contributed by atoms with Crippen molar-refractivity contribution in [2.75, 3.05) is 12.9 Å². The Hall–Kier alpha value is -0.730. The maximum Gasteiger partial charge on any atom is 0.322 e. The molecule has 0 radical (unpaired) electrons. The van der Waals surface area contributed by atoms with Crippen LogP contribution in [0.25, 0.3) is 0 Å². The number of nitrogens with one attached hydrogen (secondary N) is 1. The van der Waals surface area contributed by atoms with Crippen LogP contribution in [0.2, 0.25) is 0 Å². The van der Waals surface area contributed by atoms with E-state index in [2.05, 4.69) is 21.7 Å². The third kappa shape index (κ3) is 5.05. The van der Waals surface area contributed by atoms with Crippen LogP contribution in [0, 0.1) is 0 Å². The van der Waals surface area contributed by atoms with Gasteiger partial charge in [-0.1, -0.05) is 12.2 Å². The number of sulfonamides is 1. The average Bonchev–Trinajstić information content (AvgIpc) is 2.00. The van der Waals surface area contributed by atoms with E-state index in [1.54, 1.807) is 0 Å². The van der Waals surface area contributed by atoms with E-state index in [0.29, 0.717) is 0 Å². The topological polar surface area (TPSA) is 98.5 Å². The van der Waals surface area contributed by atoms with Crippen molar-refractivity contribution in [1.82, 2.24) is 4.72 Å². The molecule has 0 saturated carbocycles. The van der Waals surface area contributed by atoms with Gasteiger partial charge in [-0.15, -0.1) is 0 Å². The molecular weight excluding hydrogens is 240 g/mol. The van der Waals surface area contributed by atoms with Crippen LogP contribution in [0.15, 0.2) is 0 Å². The number of ether oxygens (including phenoxy) is 1. The zero-order chi connectivity index (χ0) is 12.3. The van der Waals surface area contributed by atoms with E-state index in [0.717, 1.165) is 7.11 Å². The van der Waals surface area contributed by atoms with Gasteiger partial charge in [-0.05, 0) is 13.8 Å². The van der Waals surface area contributed by atoms with E-state index in [1.165, 1.54) is 13.8 Å². The van der Waals surface area contributed by atoms with Crippen LogP contribution < -0.4 is 10.5 Å². The number of thiocarbonyl (C=S) groups is 1. The number of esters is 1. The number of nitrogens with two attached hydrogens (primary N) is 1. The Balaban J connectivity index is 4.66. The van der Waals surface area contributed by atoms with Gasteiger partial charge in [-0.2, -0.15) is 0 Å². The molecule has 0 unspecified atom stereocenters. The molecule has 88 valence electrons. The largest absolute Gasteiger partial charge is 0.468 e. The van der Waals surface area contributed by atoms with Gasteiger partial charge >= 0.3 is 5.97 Å². The van der Waals surface area contributed by atoms with E-state index >= 15 is 0 Å². The number of hydrogen-bond donors (Lipinski definition) is 2. The minimum Gasteiger partial charge on any atom is -0.468 e. The summed E-state index contributed by atoms with van der Waals surface area (Å²) in [6, 6.07) is 0. The standard InChI is InChI=1S/C7H14N2O4S2/c1-7(2,6(8)14)9-15(11,12)4-5(10)13-3/h9H,4H2,1-3H3,(H2,8,14). The summed E-state index contributed by atoms with van der Waals surface area (Å²) in [5.41, 5.74) is 4.26. The average molecular weight is 254 g/mol. The van der Waals surface area contributed by atoms with Crippen LogP contribution in [0.1, 0.15) is 13.8 Å². The molecule has 8 heteroatoms. The molecule has 15 heavy (non-hydrogen) atoms. The van der Waals surface area contributed by atoms with Gasteiger partial charge in [0.15, 0.2) is 5.75 Å². The van der Waals surface area contributed by atoms with E-state index in [4.69, 9.17) is 5.73 Å². The Morgan fingerprint density at radius 1 is 1.53 bits per heavy atom. The molecule has 0 fully saturated rings. The first-order valence-corrected chi connectivity index (χ1v) is 6.05. The molecule has 0 atom stereocenters. The second kappa shape index (κ2) is 4.86. The van der Waals surface area contributed by atoms with Gasteiger partial charge in [0.2, 0.25) is 10.0 Å². The zero-order valence-electron chi connectivity index (χ0n) is 8.73. The Labute approximate surface area is 94.2 Å². The quantitative estimate of drug-likeness (QED) is 0.489. The van der Waals surface area contributed by atoms with Crippen molar-refractivity contribution in [3.05, 3.63) is 0 Å². The van der Waals surface area contributed by atoms with Crippen LogP contribution in [0.4, 0.5) is 0 Å². The highest BCUT2D eigenvalue weighted by Gasteiger charge is 2.29. The van der Waals surface area contributed by atoms with Gasteiger partial charge in [0.05, 0.1) is 17.6 Å². The van der Waals surface area contributed by atoms with E-state index in [1.807, 2.05) is 0 Å². The van der Waals surface area contributed by atoms with Crippen molar-refractivity contribution in [1.29, 1.82) is 0 Å². The molecule has 0 heterocycles. The summed E-state index contributed by atoms with van der Waals surface area (Å²) >= 11 is 4.68. The van der Waals surface area contributed by atoms with Crippen molar-refractivity contribution < 1.29 is 17.9 Å². The number of hydrogen-bond acceptors (Lipinski definition) is 5. The molecule has 0 aromatic heterocycles. The molecule has 0 spiro atoms. The number of rotatable bonds is 5. The molecule has 0 bridgehead atoms. The first-order chi connectivity index (χ1) is 6.60. The molecule has 0 amide bonds. The lowest BCUT2D eigenvalue weighted by Gasteiger charge is -2.23. The predicted octanol–water partition coefficient (Wildman–Crippen LogP) is -0.856. The van der Waals surface area contributed by atoms with Crippen LogP contribution in [0.5, 0.6) is 0 Å². The smallest absolute Gasteiger partial charge is 0.322 e. The van der Waals surface area contributed by atoms with Crippen molar-refractivity contribution in [3.63, 3.8) is 0 Å². The van der Waals surface area contributed by atoms with Crippen LogP contribution >= 0.6 is 12.2 Å². The van der Waals surface area contributed by atoms with Gasteiger partial charge in [-0.25, -0.2) is 13.1 Å². The lowest BCUT2D eigenvalue weighted by Crippen LogP contribution is -2.53. The second-order valence-electron chi connectivity index (χ2n) is 3.43. The molecule has 6 nitrogen and oxygen atoms in total. The fraction of sp³-hybridized carbons (Fsp3) is 0.714. The molecule has 0 aliphatic rings. The van der Waals surface area contributed by atoms with Gasteiger partial charge in [0.25, 0.3) is 0 Å². The minimum atomic E-state index is -3.79. The Morgan fingerprint density at radius 2 is 2.00 bits per heavy atom. The van der Waals surface area contributed by atoms with Gasteiger partial charge in [0, 0.05) is 0 Å². The maximum atomic E-state index is 11.4. The lowest BCUT2D eigenvalue weighted by atomic mass is 10.1. The zero-order valence-corrected chi connectivity index (χ0v) is 10.4. The molecule has 0 aliphatic heterocycles. The molecular formula is C7H14N2O4S2. The summed E-state index contributed by atoms with van der Waals surface area (Å²) < 4.78 is 29.2. The monoisotopic (exact) mass is 254 g/mol. The highest BCUT2D eigenvalue weighted by atomic mass is 32.2. The Bertz CT molecular complexity index is 361. The van der Waals surface area contributed by atoms with E-state index in [9.17, 15) is 13.2 Å². The fourth-order valence-electron chi connectivity index (χ4n) is 0.689. The number of carbonyl (C=O) groups excluding carboxylic acids is 1. The predicted molar refractivity (Wildman–Crippen MR) is 59.8 cm³/mol. The number of methoxy groups -OCH3 is 1. The van der Waals surface area contributed by atoms with E-state index in [-0.39, 0.29) is 4.99 Å². The molecule has 0 aromatic rings. The van der Waals surface area contributed by atoms with Crippen molar-refractivity contribution in [2.24, 2.45) is 5.73 Å². The fourth-order valence-corrected chi connectivity index (χ4v) is 2.19. The van der Waals surface area contributed by atoms with Crippen molar-refractivity contribution in [2.45, 2.75) is 19.4 Å². The molecule has 0 aromatic carbocycles. The SMILES string of the molecule is COC(=O)CS(=O)(=O)NC(C)(C)C(N)=S. The van der Waals surface area contributed by atoms with Crippen molar-refractivity contribution in [3.8, 4) is 0 Å². The van der Waals surface area contributed by atoms with Crippen LogP contribution in [-0.2, 0) is 19.6 Å². The maximum absolute atomic E-state index is 11.4. The summed E-state index contributed by atoms with van der Waals surface area (Å²) in [5, 5.41) is 0. The van der Waals surface area contributed by atoms with Gasteiger partial charge < -0.3 is 10.5 Å². The summed E-state index contributed by atoms with van der Waals surface area (Å²) in [7, 11) is -2.68. The van der Waals surface area contributed by atoms with Crippen LogP contribution in [0.3, 0.4) is 0 Å². The summed E-state index contributed by atoms with van der Waals surface area (Å²) in [6.45, 7) is 3.01. The second-order valence-corrected chi connectivity index (χ2v) is 5.59. The van der Waals surface area contributed by atoms with E-state index < -0.39 is 27.3 Å². The molecule has 0 saturated heterocycles. The minimum absolute atomic E-state index is 0.00376. The highest BCUT2D eigenvalue weighted by Crippen LogP contribution is 2.05. The summed E-state index contributed by atoms with van der Waals surface area (Å²) in [4.78, 5) is 10.8. The third-order valence-electron chi connectivity index (χ3n) is 1.56. The Kier molecular flexibility index (Phi) is 4.63. The summed E-state index contributed by atoms with van der Waals surface area (Å²) in [5.74, 6) is -1.60. The van der Waals surface area contributed by atoms with Gasteiger partial charge in [-0.3, -0.25) is 4.79 Å². The van der Waals surface area contributed by atoms with Crippen molar-refractivity contribution >= 4 is 33.2 Å². The normalized spacial score (nSPS) is 12.2. The first kappa shape index (κ1) is 14.3. The highest BCUT2D eigenvalue weighted by molar-refractivity contribution is 7.90. The number of carbonyl (C=O) groups is 1. The lowest BCUT2D eigenvalue weighted by molar-refractivity contribution is -0.137. The molecule has 0 aliphatic carbocycles. The Morgan fingerprint density at radius 3 is 2.33 bits per heavy atom. The first-order valence-electron chi connectivity index (χ1n) is 3.99. The molecule has 3 N–H and O–H groups in total.